The number of hydrogen-bond donors (Lipinski definition) is 0. The van der Waals surface area contributed by atoms with Gasteiger partial charge in [-0.2, -0.15) is 0 Å². The van der Waals surface area contributed by atoms with E-state index in [9.17, 15) is 0 Å². The average Bonchev–Trinajstić information content (AvgIpc) is 2.73. The first-order chi connectivity index (χ1) is 14.3. The predicted octanol–water partition coefficient (Wildman–Crippen LogP) is 10.2. The summed E-state index contributed by atoms with van der Waals surface area (Å²) < 4.78 is 0. The van der Waals surface area contributed by atoms with Crippen LogP contribution in [0.3, 0.4) is 0 Å². The van der Waals surface area contributed by atoms with Crippen molar-refractivity contribution in [3.8, 4) is 0 Å². The molecule has 0 bridgehead atoms. The lowest BCUT2D eigenvalue weighted by Crippen LogP contribution is -1.87. The smallest absolute Gasteiger partial charge is 0.0238 e. The minimum atomic E-state index is 1.12. The summed E-state index contributed by atoms with van der Waals surface area (Å²) in [7, 11) is 0. The van der Waals surface area contributed by atoms with Crippen molar-refractivity contribution in [1.29, 1.82) is 0 Å². The van der Waals surface area contributed by atoms with Crippen molar-refractivity contribution in [2.75, 3.05) is 0 Å². The molecular weight excluding hydrogens is 348 g/mol. The van der Waals surface area contributed by atoms with E-state index in [2.05, 4.69) is 38.1 Å². The zero-order valence-corrected chi connectivity index (χ0v) is 19.9. The molecule has 0 nitrogen and oxygen atoms in total. The Hall–Kier alpha value is -0.780. The first-order valence-corrected chi connectivity index (χ1v) is 13.2. The van der Waals surface area contributed by atoms with Crippen LogP contribution in [-0.2, 0) is 6.42 Å². The van der Waals surface area contributed by atoms with E-state index in [0.29, 0.717) is 0 Å². The second-order valence-corrected chi connectivity index (χ2v) is 9.28. The molecule has 0 heteroatoms. The van der Waals surface area contributed by atoms with Gasteiger partial charge < -0.3 is 0 Å². The Morgan fingerprint density at radius 1 is 0.448 bits per heavy atom. The third kappa shape index (κ3) is 17.8. The molecule has 1 aromatic rings. The van der Waals surface area contributed by atoms with Crippen molar-refractivity contribution >= 4 is 0 Å². The summed E-state index contributed by atoms with van der Waals surface area (Å²) in [6.07, 6.45) is 30.3. The van der Waals surface area contributed by atoms with Crippen LogP contribution in [0.2, 0.25) is 0 Å². The Bertz CT molecular complexity index is 430. The molecule has 0 spiro atoms. The lowest BCUT2D eigenvalue weighted by molar-refractivity contribution is 0.522. The Kier molecular flexibility index (Phi) is 18.6. The van der Waals surface area contributed by atoms with Gasteiger partial charge in [-0.3, -0.25) is 0 Å². The fraction of sp³-hybridized carbons (Fsp3) is 0.759. The molecule has 0 saturated carbocycles. The van der Waals surface area contributed by atoms with Crippen LogP contribution in [0.1, 0.15) is 146 Å². The molecule has 1 aromatic carbocycles. The highest BCUT2D eigenvalue weighted by molar-refractivity contribution is 5.24. The third-order valence-corrected chi connectivity index (χ3v) is 6.34. The van der Waals surface area contributed by atoms with Crippen molar-refractivity contribution in [3.05, 3.63) is 42.3 Å². The maximum absolute atomic E-state index is 3.95. The molecule has 1 rings (SSSR count). The van der Waals surface area contributed by atoms with Gasteiger partial charge >= 0.3 is 0 Å². The summed E-state index contributed by atoms with van der Waals surface area (Å²) in [6.45, 7) is 6.25. The number of benzene rings is 1. The van der Waals surface area contributed by atoms with Gasteiger partial charge in [-0.15, -0.1) is 0 Å². The highest BCUT2D eigenvalue weighted by Crippen LogP contribution is 2.15. The van der Waals surface area contributed by atoms with Crippen LogP contribution >= 0.6 is 0 Å². The normalized spacial score (nSPS) is 11.2. The van der Waals surface area contributed by atoms with Gasteiger partial charge in [-0.25, -0.2) is 0 Å². The van der Waals surface area contributed by atoms with Gasteiger partial charge in [0.25, 0.3) is 0 Å². The van der Waals surface area contributed by atoms with Crippen LogP contribution in [0, 0.1) is 6.92 Å². The first kappa shape index (κ1) is 26.3. The number of hydrogen-bond acceptors (Lipinski definition) is 0. The molecule has 0 fully saturated rings. The largest absolute Gasteiger partial charge is 0.0654 e. The summed E-state index contributed by atoms with van der Waals surface area (Å²) >= 11 is 0. The number of rotatable bonds is 21. The lowest BCUT2D eigenvalue weighted by atomic mass is 10.0. The fourth-order valence-electron chi connectivity index (χ4n) is 4.29. The second kappa shape index (κ2) is 20.5. The van der Waals surface area contributed by atoms with Gasteiger partial charge in [0.15, 0.2) is 0 Å². The van der Waals surface area contributed by atoms with Crippen molar-refractivity contribution in [1.82, 2.24) is 0 Å². The van der Waals surface area contributed by atoms with Gasteiger partial charge in [-0.05, 0) is 30.9 Å². The van der Waals surface area contributed by atoms with Gasteiger partial charge in [0.2, 0.25) is 0 Å². The van der Waals surface area contributed by atoms with Crippen molar-refractivity contribution in [2.24, 2.45) is 0 Å². The van der Waals surface area contributed by atoms with E-state index in [4.69, 9.17) is 0 Å². The predicted molar refractivity (Wildman–Crippen MR) is 133 cm³/mol. The quantitative estimate of drug-likeness (QED) is 0.180. The third-order valence-electron chi connectivity index (χ3n) is 6.34. The number of unbranched alkanes of at least 4 members (excludes halogenated alkanes) is 19. The molecule has 0 amide bonds. The molecule has 0 aromatic heterocycles. The fourth-order valence-corrected chi connectivity index (χ4v) is 4.29. The molecule has 0 aliphatic heterocycles. The zero-order valence-electron chi connectivity index (χ0n) is 19.9. The Morgan fingerprint density at radius 3 is 1.10 bits per heavy atom. The minimum absolute atomic E-state index is 1.12. The van der Waals surface area contributed by atoms with E-state index in [0.717, 1.165) is 5.56 Å². The van der Waals surface area contributed by atoms with Crippen LogP contribution in [0.15, 0.2) is 24.3 Å². The maximum Gasteiger partial charge on any atom is -0.0238 e. The van der Waals surface area contributed by atoms with Crippen molar-refractivity contribution in [2.45, 2.75) is 142 Å². The highest BCUT2D eigenvalue weighted by atomic mass is 14.0. The average molecular weight is 400 g/mol. The van der Waals surface area contributed by atoms with E-state index >= 15 is 0 Å². The molecule has 0 saturated heterocycles. The topological polar surface area (TPSA) is 0 Å². The van der Waals surface area contributed by atoms with Crippen LogP contribution < -0.4 is 0 Å². The standard InChI is InChI=1S/C29H51/c1-3-4-5-6-7-8-9-10-11-12-13-14-15-16-17-18-19-20-21-22-23-29-26-24-28(2)25-27-29/h24-27H,2-23H2,1H3. The van der Waals surface area contributed by atoms with Gasteiger partial charge in [0.1, 0.15) is 0 Å². The highest BCUT2D eigenvalue weighted by Gasteiger charge is 1.96. The number of aryl methyl sites for hydroxylation is 1. The summed E-state index contributed by atoms with van der Waals surface area (Å²) in [5, 5.41) is 0. The first-order valence-electron chi connectivity index (χ1n) is 13.2. The van der Waals surface area contributed by atoms with E-state index in [-0.39, 0.29) is 0 Å². The van der Waals surface area contributed by atoms with Gasteiger partial charge in [0.05, 0.1) is 0 Å². The van der Waals surface area contributed by atoms with E-state index < -0.39 is 0 Å². The summed E-state index contributed by atoms with van der Waals surface area (Å²) in [6, 6.07) is 8.73. The summed E-state index contributed by atoms with van der Waals surface area (Å²) in [4.78, 5) is 0. The molecule has 29 heavy (non-hydrogen) atoms. The Morgan fingerprint density at radius 2 is 0.759 bits per heavy atom. The molecular formula is C29H51. The molecule has 0 unspecified atom stereocenters. The molecule has 0 N–H and O–H groups in total. The molecule has 0 atom stereocenters. The molecule has 0 heterocycles. The zero-order chi connectivity index (χ0) is 20.8. The monoisotopic (exact) mass is 399 g/mol. The molecule has 167 valence electrons. The Labute approximate surface area is 184 Å². The molecule has 0 aliphatic rings. The van der Waals surface area contributed by atoms with Crippen LogP contribution in [-0.4, -0.2) is 0 Å². The van der Waals surface area contributed by atoms with E-state index in [1.165, 1.54) is 140 Å². The van der Waals surface area contributed by atoms with Crippen molar-refractivity contribution < 1.29 is 0 Å². The molecule has 0 aliphatic carbocycles. The van der Waals surface area contributed by atoms with Gasteiger partial charge in [-0.1, -0.05) is 153 Å². The van der Waals surface area contributed by atoms with Gasteiger partial charge in [0, 0.05) is 0 Å². The van der Waals surface area contributed by atoms with E-state index in [1.54, 1.807) is 0 Å². The minimum Gasteiger partial charge on any atom is -0.0654 e. The Balaban J connectivity index is 1.69. The maximum atomic E-state index is 3.95. The van der Waals surface area contributed by atoms with Crippen LogP contribution in [0.25, 0.3) is 0 Å². The second-order valence-electron chi connectivity index (χ2n) is 9.28. The lowest BCUT2D eigenvalue weighted by Gasteiger charge is -2.04. The molecule has 1 radical (unpaired) electrons. The van der Waals surface area contributed by atoms with E-state index in [1.807, 2.05) is 0 Å². The van der Waals surface area contributed by atoms with Crippen LogP contribution in [0.5, 0.6) is 0 Å². The summed E-state index contributed by atoms with van der Waals surface area (Å²) in [5.41, 5.74) is 2.59. The van der Waals surface area contributed by atoms with Crippen molar-refractivity contribution in [3.63, 3.8) is 0 Å². The van der Waals surface area contributed by atoms with Crippen LogP contribution in [0.4, 0.5) is 0 Å². The SMILES string of the molecule is [CH2]c1ccc(CCCCCCCCCCCCCCCCCCCCCC)cc1. The summed E-state index contributed by atoms with van der Waals surface area (Å²) in [5.74, 6) is 0.